The molecular formula is C23H28O5S. The zero-order valence-electron chi connectivity index (χ0n) is 16.6. The number of hydrogen-bond acceptors (Lipinski definition) is 5. The van der Waals surface area contributed by atoms with Gasteiger partial charge < -0.3 is 14.2 Å². The smallest absolute Gasteiger partial charge is 0.178 e. The van der Waals surface area contributed by atoms with E-state index in [1.54, 1.807) is 43.5 Å². The van der Waals surface area contributed by atoms with Gasteiger partial charge in [0.05, 0.1) is 36.1 Å². The Balaban J connectivity index is 1.70. The van der Waals surface area contributed by atoms with Crippen molar-refractivity contribution in [2.75, 3.05) is 19.5 Å². The molecule has 29 heavy (non-hydrogen) atoms. The third kappa shape index (κ3) is 5.54. The van der Waals surface area contributed by atoms with Gasteiger partial charge in [-0.2, -0.15) is 0 Å². The monoisotopic (exact) mass is 416 g/mol. The van der Waals surface area contributed by atoms with Crippen LogP contribution in [0.2, 0.25) is 0 Å². The van der Waals surface area contributed by atoms with Crippen molar-refractivity contribution in [1.82, 2.24) is 0 Å². The van der Waals surface area contributed by atoms with Gasteiger partial charge in [-0.3, -0.25) is 0 Å². The minimum absolute atomic E-state index is 0.0385. The lowest BCUT2D eigenvalue weighted by atomic mass is 9.96. The van der Waals surface area contributed by atoms with Crippen LogP contribution in [0.25, 0.3) is 0 Å². The fourth-order valence-electron chi connectivity index (χ4n) is 3.79. The fourth-order valence-corrected chi connectivity index (χ4v) is 5.47. The molecule has 0 N–H and O–H groups in total. The molecule has 0 spiro atoms. The summed E-state index contributed by atoms with van der Waals surface area (Å²) in [5.41, 5.74) is 1.07. The average molecular weight is 417 g/mol. The van der Waals surface area contributed by atoms with E-state index in [0.29, 0.717) is 24.5 Å². The molecule has 0 radical (unpaired) electrons. The van der Waals surface area contributed by atoms with Crippen molar-refractivity contribution in [2.24, 2.45) is 5.92 Å². The van der Waals surface area contributed by atoms with E-state index in [1.807, 2.05) is 30.3 Å². The number of benzene rings is 2. The molecule has 1 fully saturated rings. The molecule has 4 atom stereocenters. The minimum Gasteiger partial charge on any atom is -0.378 e. The minimum atomic E-state index is -3.46. The zero-order chi connectivity index (χ0) is 20.7. The summed E-state index contributed by atoms with van der Waals surface area (Å²) in [7, 11) is -1.87. The predicted molar refractivity (Wildman–Crippen MR) is 112 cm³/mol. The Bertz CT molecular complexity index is 867. The van der Waals surface area contributed by atoms with E-state index in [1.165, 1.54) is 0 Å². The first-order valence-electron chi connectivity index (χ1n) is 9.74. The lowest BCUT2D eigenvalue weighted by Gasteiger charge is -2.22. The Morgan fingerprint density at radius 1 is 1.03 bits per heavy atom. The molecule has 1 saturated heterocycles. The zero-order valence-corrected chi connectivity index (χ0v) is 17.5. The van der Waals surface area contributed by atoms with Crippen LogP contribution < -0.4 is 0 Å². The van der Waals surface area contributed by atoms with Gasteiger partial charge in [-0.1, -0.05) is 54.6 Å². The summed E-state index contributed by atoms with van der Waals surface area (Å²) < 4.78 is 43.6. The number of hydrogen-bond donors (Lipinski definition) is 0. The van der Waals surface area contributed by atoms with Gasteiger partial charge in [0.2, 0.25) is 0 Å². The topological polar surface area (TPSA) is 61.8 Å². The summed E-state index contributed by atoms with van der Waals surface area (Å²) in [5, 5.41) is 0. The molecule has 2 aromatic rings. The molecule has 156 valence electrons. The van der Waals surface area contributed by atoms with Crippen LogP contribution in [0.1, 0.15) is 12.0 Å². The van der Waals surface area contributed by atoms with E-state index in [2.05, 4.69) is 6.58 Å². The summed E-state index contributed by atoms with van der Waals surface area (Å²) in [6.45, 7) is 4.59. The average Bonchev–Trinajstić information content (AvgIpc) is 3.05. The van der Waals surface area contributed by atoms with Crippen molar-refractivity contribution in [2.45, 2.75) is 36.2 Å². The Morgan fingerprint density at radius 2 is 1.69 bits per heavy atom. The maximum Gasteiger partial charge on any atom is 0.178 e. The molecule has 0 aromatic heterocycles. The molecule has 2 aromatic carbocycles. The van der Waals surface area contributed by atoms with Gasteiger partial charge in [-0.05, 0) is 24.1 Å². The van der Waals surface area contributed by atoms with Gasteiger partial charge in [-0.25, -0.2) is 8.42 Å². The van der Waals surface area contributed by atoms with Crippen molar-refractivity contribution in [3.8, 4) is 0 Å². The highest BCUT2D eigenvalue weighted by Crippen LogP contribution is 2.34. The summed E-state index contributed by atoms with van der Waals surface area (Å²) >= 11 is 0. The van der Waals surface area contributed by atoms with Crippen LogP contribution in [0.4, 0.5) is 0 Å². The van der Waals surface area contributed by atoms with Crippen LogP contribution in [0.15, 0.2) is 78.2 Å². The van der Waals surface area contributed by atoms with Gasteiger partial charge in [0.15, 0.2) is 9.84 Å². The molecule has 0 amide bonds. The normalized spacial score (nSPS) is 24.4. The summed E-state index contributed by atoms with van der Waals surface area (Å²) in [4.78, 5) is 0.316. The SMILES string of the molecule is C=CC[C@@H]1O[C@H](COCc2ccccc2)[C@H](OC)[C@H]1CS(=O)(=O)c1ccccc1. The van der Waals surface area contributed by atoms with Crippen LogP contribution >= 0.6 is 0 Å². The number of sulfone groups is 1. The highest BCUT2D eigenvalue weighted by molar-refractivity contribution is 7.91. The summed E-state index contributed by atoms with van der Waals surface area (Å²) in [5.74, 6) is -0.336. The Kier molecular flexibility index (Phi) is 7.61. The number of rotatable bonds is 10. The first kappa shape index (κ1) is 21.7. The molecule has 1 aliphatic heterocycles. The Labute approximate surface area is 173 Å². The lowest BCUT2D eigenvalue weighted by Crippen LogP contribution is -2.36. The maximum atomic E-state index is 12.9. The molecule has 3 rings (SSSR count). The maximum absolute atomic E-state index is 12.9. The largest absolute Gasteiger partial charge is 0.378 e. The van der Waals surface area contributed by atoms with E-state index in [9.17, 15) is 8.42 Å². The number of ether oxygens (including phenoxy) is 3. The summed E-state index contributed by atoms with van der Waals surface area (Å²) in [6.07, 6.45) is 1.34. The molecule has 5 nitrogen and oxygen atoms in total. The molecule has 1 aliphatic rings. The first-order chi connectivity index (χ1) is 14.0. The van der Waals surface area contributed by atoms with Gasteiger partial charge in [0.25, 0.3) is 0 Å². The second-order valence-electron chi connectivity index (χ2n) is 7.20. The van der Waals surface area contributed by atoms with Crippen LogP contribution in [0, 0.1) is 5.92 Å². The van der Waals surface area contributed by atoms with Gasteiger partial charge >= 0.3 is 0 Å². The lowest BCUT2D eigenvalue weighted by molar-refractivity contribution is -0.0570. The van der Waals surface area contributed by atoms with Crippen LogP contribution in [-0.4, -0.2) is 46.2 Å². The molecule has 1 heterocycles. The molecule has 0 aliphatic carbocycles. The third-order valence-electron chi connectivity index (χ3n) is 5.19. The quantitative estimate of drug-likeness (QED) is 0.553. The van der Waals surface area contributed by atoms with Crippen LogP contribution in [0.3, 0.4) is 0 Å². The fraction of sp³-hybridized carbons (Fsp3) is 0.391. The van der Waals surface area contributed by atoms with Crippen LogP contribution in [0.5, 0.6) is 0 Å². The van der Waals surface area contributed by atoms with Gasteiger partial charge in [0, 0.05) is 13.0 Å². The first-order valence-corrected chi connectivity index (χ1v) is 11.4. The Hall–Kier alpha value is -1.99. The highest BCUT2D eigenvalue weighted by Gasteiger charge is 2.46. The molecule has 6 heteroatoms. The molecule has 0 bridgehead atoms. The van der Waals surface area contributed by atoms with Crippen molar-refractivity contribution in [3.05, 3.63) is 78.9 Å². The highest BCUT2D eigenvalue weighted by atomic mass is 32.2. The van der Waals surface area contributed by atoms with Gasteiger partial charge in [0.1, 0.15) is 6.10 Å². The summed E-state index contributed by atoms with van der Waals surface area (Å²) in [6, 6.07) is 18.4. The van der Waals surface area contributed by atoms with E-state index in [-0.39, 0.29) is 30.0 Å². The van der Waals surface area contributed by atoms with Gasteiger partial charge in [-0.15, -0.1) is 6.58 Å². The van der Waals surface area contributed by atoms with E-state index < -0.39 is 9.84 Å². The molecule has 0 saturated carbocycles. The van der Waals surface area contributed by atoms with E-state index >= 15 is 0 Å². The van der Waals surface area contributed by atoms with E-state index in [0.717, 1.165) is 5.56 Å². The molecular weight excluding hydrogens is 388 g/mol. The van der Waals surface area contributed by atoms with E-state index in [4.69, 9.17) is 14.2 Å². The van der Waals surface area contributed by atoms with Crippen LogP contribution in [-0.2, 0) is 30.7 Å². The number of methoxy groups -OCH3 is 1. The molecule has 0 unspecified atom stereocenters. The predicted octanol–water partition coefficient (Wildman–Crippen LogP) is 3.65. The second kappa shape index (κ2) is 10.2. The standard InChI is InChI=1S/C23H28O5S/c1-3-10-21-20(17-29(24,25)19-13-8-5-9-14-19)23(26-2)22(28-21)16-27-15-18-11-6-4-7-12-18/h3-9,11-14,20-23H,1,10,15-17H2,2H3/t20-,21-,22+,23+/m0/s1. The third-order valence-corrected chi connectivity index (χ3v) is 7.01. The van der Waals surface area contributed by atoms with Crippen molar-refractivity contribution < 1.29 is 22.6 Å². The van der Waals surface area contributed by atoms with Crippen molar-refractivity contribution in [1.29, 1.82) is 0 Å². The Morgan fingerprint density at radius 3 is 2.31 bits per heavy atom. The van der Waals surface area contributed by atoms with Crippen molar-refractivity contribution in [3.63, 3.8) is 0 Å². The second-order valence-corrected chi connectivity index (χ2v) is 9.23. The van der Waals surface area contributed by atoms with Crippen molar-refractivity contribution >= 4 is 9.84 Å².